The van der Waals surface area contributed by atoms with E-state index in [0.29, 0.717) is 19.0 Å². The number of imidazole rings is 1. The predicted octanol–water partition coefficient (Wildman–Crippen LogP) is 4.28. The first-order valence-corrected chi connectivity index (χ1v) is 12.3. The number of amides is 1. The first kappa shape index (κ1) is 24.9. The molecule has 2 aromatic carbocycles. The Morgan fingerprint density at radius 2 is 1.91 bits per heavy atom. The Balaban J connectivity index is 1.85. The number of hydrogen-bond donors (Lipinski definition) is 2. The Bertz CT molecular complexity index is 1120. The van der Waals surface area contributed by atoms with Crippen LogP contribution in [0.25, 0.3) is 11.3 Å². The minimum atomic E-state index is -0.533. The maximum absolute atomic E-state index is 13.2. The highest BCUT2D eigenvalue weighted by Gasteiger charge is 2.40. The summed E-state index contributed by atoms with van der Waals surface area (Å²) in [6.07, 6.45) is 4.97. The fraction of sp³-hybridized carbons (Fsp3) is 0.379. The van der Waals surface area contributed by atoms with Crippen LogP contribution in [-0.2, 0) is 11.3 Å². The highest BCUT2D eigenvalue weighted by Crippen LogP contribution is 2.41. The second kappa shape index (κ2) is 11.0. The molecule has 2 N–H and O–H groups in total. The number of aromatic nitrogens is 2. The molecule has 1 aromatic heterocycles. The van der Waals surface area contributed by atoms with Crippen LogP contribution < -0.4 is 5.32 Å². The van der Waals surface area contributed by atoms with Crippen molar-refractivity contribution in [3.63, 3.8) is 0 Å². The lowest BCUT2D eigenvalue weighted by Crippen LogP contribution is -2.46. The summed E-state index contributed by atoms with van der Waals surface area (Å²) < 4.78 is 2.15. The summed E-state index contributed by atoms with van der Waals surface area (Å²) >= 11 is 0. The summed E-state index contributed by atoms with van der Waals surface area (Å²) in [6.45, 7) is 10.7. The van der Waals surface area contributed by atoms with Crippen molar-refractivity contribution >= 4 is 5.91 Å². The molecule has 0 unspecified atom stereocenters. The third-order valence-corrected chi connectivity index (χ3v) is 6.93. The largest absolute Gasteiger partial charge is 0.387 e. The summed E-state index contributed by atoms with van der Waals surface area (Å²) in [5.41, 5.74) is 2.56. The van der Waals surface area contributed by atoms with Gasteiger partial charge in [-0.05, 0) is 31.0 Å². The molecule has 6 heteroatoms. The first-order valence-electron chi connectivity index (χ1n) is 12.3. The van der Waals surface area contributed by atoms with Crippen molar-refractivity contribution in [1.29, 1.82) is 0 Å². The number of benzene rings is 2. The summed E-state index contributed by atoms with van der Waals surface area (Å²) in [7, 11) is 0. The Morgan fingerprint density at radius 1 is 1.23 bits per heavy atom. The molecule has 2 atom stereocenters. The summed E-state index contributed by atoms with van der Waals surface area (Å²) in [5, 5.41) is 13.3. The van der Waals surface area contributed by atoms with Gasteiger partial charge in [-0.15, -0.1) is 6.58 Å². The lowest BCUT2D eigenvalue weighted by molar-refractivity contribution is -0.140. The number of carbonyl (C=O) groups is 1. The molecule has 4 rings (SSSR count). The van der Waals surface area contributed by atoms with E-state index in [9.17, 15) is 9.90 Å². The molecule has 1 saturated heterocycles. The highest BCUT2D eigenvalue weighted by atomic mass is 16.3. The van der Waals surface area contributed by atoms with Crippen LogP contribution in [0.2, 0.25) is 0 Å². The van der Waals surface area contributed by atoms with Gasteiger partial charge in [0.05, 0.1) is 11.7 Å². The van der Waals surface area contributed by atoms with Crippen LogP contribution >= 0.6 is 0 Å². The fourth-order valence-corrected chi connectivity index (χ4v) is 4.88. The zero-order valence-corrected chi connectivity index (χ0v) is 20.7. The van der Waals surface area contributed by atoms with Crippen molar-refractivity contribution in [2.75, 3.05) is 26.2 Å². The van der Waals surface area contributed by atoms with Crippen molar-refractivity contribution in [3.05, 3.63) is 90.9 Å². The van der Waals surface area contributed by atoms with Gasteiger partial charge in [-0.2, -0.15) is 0 Å². The molecule has 3 aromatic rings. The Labute approximate surface area is 208 Å². The average molecular weight is 473 g/mol. The zero-order chi connectivity index (χ0) is 24.8. The van der Waals surface area contributed by atoms with Gasteiger partial charge >= 0.3 is 0 Å². The summed E-state index contributed by atoms with van der Waals surface area (Å²) in [6, 6.07) is 20.0. The molecule has 184 valence electrons. The molecule has 1 amide bonds. The SMILES string of the molecule is C=CC(C)(C)[C@H](c1nc(-c2ccccc2)cn1Cc1ccccc1)N(C[C@@H]1CCNC1)C(=O)CO. The zero-order valence-electron chi connectivity index (χ0n) is 20.7. The van der Waals surface area contributed by atoms with Gasteiger partial charge in [-0.3, -0.25) is 4.79 Å². The molecule has 0 aliphatic carbocycles. The van der Waals surface area contributed by atoms with Crippen LogP contribution in [0.5, 0.6) is 0 Å². The molecular formula is C29H36N4O2. The average Bonchev–Trinajstić information content (AvgIpc) is 3.55. The first-order chi connectivity index (χ1) is 16.9. The van der Waals surface area contributed by atoms with E-state index in [1.54, 1.807) is 0 Å². The molecule has 1 aliphatic rings. The van der Waals surface area contributed by atoms with Crippen LogP contribution in [0.4, 0.5) is 0 Å². The van der Waals surface area contributed by atoms with Gasteiger partial charge in [-0.1, -0.05) is 80.6 Å². The van der Waals surface area contributed by atoms with Gasteiger partial charge in [0.1, 0.15) is 12.4 Å². The molecule has 1 aliphatic heterocycles. The molecule has 0 spiro atoms. The van der Waals surface area contributed by atoms with E-state index in [-0.39, 0.29) is 11.9 Å². The number of hydrogen-bond acceptors (Lipinski definition) is 4. The van der Waals surface area contributed by atoms with E-state index in [4.69, 9.17) is 4.98 Å². The normalized spacial score (nSPS) is 16.7. The van der Waals surface area contributed by atoms with Crippen LogP contribution in [0, 0.1) is 11.3 Å². The number of nitrogens with zero attached hydrogens (tertiary/aromatic N) is 3. The van der Waals surface area contributed by atoms with E-state index >= 15 is 0 Å². The van der Waals surface area contributed by atoms with Crippen molar-refractivity contribution < 1.29 is 9.90 Å². The monoisotopic (exact) mass is 472 g/mol. The lowest BCUT2D eigenvalue weighted by atomic mass is 9.82. The topological polar surface area (TPSA) is 70.4 Å². The molecule has 35 heavy (non-hydrogen) atoms. The molecule has 0 bridgehead atoms. The molecule has 1 fully saturated rings. The van der Waals surface area contributed by atoms with Crippen molar-refractivity contribution in [2.45, 2.75) is 32.9 Å². The van der Waals surface area contributed by atoms with E-state index in [1.807, 2.05) is 59.5 Å². The molecule has 0 saturated carbocycles. The molecular weight excluding hydrogens is 436 g/mol. The summed E-state index contributed by atoms with van der Waals surface area (Å²) in [4.78, 5) is 20.2. The van der Waals surface area contributed by atoms with Gasteiger partial charge in [0.15, 0.2) is 0 Å². The van der Waals surface area contributed by atoms with Gasteiger partial charge in [0.25, 0.3) is 0 Å². The van der Waals surface area contributed by atoms with Crippen molar-refractivity contribution in [3.8, 4) is 11.3 Å². The molecule has 2 heterocycles. The third kappa shape index (κ3) is 5.72. The standard InChI is InChI=1S/C29H36N4O2/c1-4-29(2,3)27(33(26(35)21-34)19-23-15-16-30-17-23)28-31-25(24-13-9-6-10-14-24)20-32(28)18-22-11-7-5-8-12-22/h4-14,20,23,27,30,34H,1,15-19,21H2,2-3H3/t23-,27+/m1/s1. The highest BCUT2D eigenvalue weighted by molar-refractivity contribution is 5.78. The fourth-order valence-electron chi connectivity index (χ4n) is 4.88. The third-order valence-electron chi connectivity index (χ3n) is 6.93. The van der Waals surface area contributed by atoms with Crippen LogP contribution in [-0.4, -0.2) is 51.7 Å². The minimum absolute atomic E-state index is 0.285. The molecule has 6 nitrogen and oxygen atoms in total. The van der Waals surface area contributed by atoms with Crippen molar-refractivity contribution in [2.24, 2.45) is 11.3 Å². The smallest absolute Gasteiger partial charge is 0.248 e. The van der Waals surface area contributed by atoms with E-state index in [0.717, 1.165) is 42.2 Å². The Kier molecular flexibility index (Phi) is 7.83. The van der Waals surface area contributed by atoms with Gasteiger partial charge in [0, 0.05) is 30.3 Å². The molecule has 0 radical (unpaired) electrons. The van der Waals surface area contributed by atoms with Crippen LogP contribution in [0.3, 0.4) is 0 Å². The number of rotatable bonds is 10. The summed E-state index contributed by atoms with van der Waals surface area (Å²) in [5.74, 6) is 0.845. The van der Waals surface area contributed by atoms with E-state index in [1.165, 1.54) is 0 Å². The number of aliphatic hydroxyl groups excluding tert-OH is 1. The maximum atomic E-state index is 13.2. The maximum Gasteiger partial charge on any atom is 0.248 e. The second-order valence-corrected chi connectivity index (χ2v) is 9.95. The van der Waals surface area contributed by atoms with E-state index in [2.05, 4.69) is 48.6 Å². The number of nitrogens with one attached hydrogen (secondary N) is 1. The lowest BCUT2D eigenvalue weighted by Gasteiger charge is -2.41. The Hall–Kier alpha value is -3.22. The van der Waals surface area contributed by atoms with Crippen LogP contribution in [0.1, 0.15) is 37.7 Å². The van der Waals surface area contributed by atoms with E-state index < -0.39 is 12.0 Å². The second-order valence-electron chi connectivity index (χ2n) is 9.95. The Morgan fingerprint density at radius 3 is 2.51 bits per heavy atom. The van der Waals surface area contributed by atoms with Gasteiger partial charge < -0.3 is 19.9 Å². The number of aliphatic hydroxyl groups is 1. The quantitative estimate of drug-likeness (QED) is 0.432. The minimum Gasteiger partial charge on any atom is -0.387 e. The van der Waals surface area contributed by atoms with Crippen molar-refractivity contribution in [1.82, 2.24) is 19.8 Å². The number of carbonyl (C=O) groups excluding carboxylic acids is 1. The van der Waals surface area contributed by atoms with Gasteiger partial charge in [0.2, 0.25) is 5.91 Å². The van der Waals surface area contributed by atoms with Gasteiger partial charge in [-0.25, -0.2) is 4.98 Å². The van der Waals surface area contributed by atoms with Crippen LogP contribution in [0.15, 0.2) is 79.5 Å². The predicted molar refractivity (Wildman–Crippen MR) is 140 cm³/mol.